The molecule has 1 saturated carbocycles. The Kier molecular flexibility index (Phi) is 5.64. The third-order valence-electron chi connectivity index (χ3n) is 3.31. The van der Waals surface area contributed by atoms with Crippen molar-refractivity contribution in [2.75, 3.05) is 20.1 Å². The van der Waals surface area contributed by atoms with Crippen LogP contribution in [-0.4, -0.2) is 32.9 Å². The Hall–Kier alpha value is 0.0500. The highest BCUT2D eigenvalue weighted by Crippen LogP contribution is 2.36. The first-order chi connectivity index (χ1) is 9.48. The van der Waals surface area contributed by atoms with Crippen LogP contribution in [0.2, 0.25) is 0 Å². The van der Waals surface area contributed by atoms with E-state index in [1.807, 2.05) is 14.0 Å². The number of rotatable bonds is 8. The van der Waals surface area contributed by atoms with Crippen LogP contribution in [-0.2, 0) is 16.6 Å². The molecule has 1 aliphatic rings. The second-order valence-corrected chi connectivity index (χ2v) is 9.55. The lowest BCUT2D eigenvalue weighted by Gasteiger charge is -2.21. The lowest BCUT2D eigenvalue weighted by Crippen LogP contribution is -2.33. The van der Waals surface area contributed by atoms with Gasteiger partial charge < -0.3 is 5.32 Å². The summed E-state index contributed by atoms with van der Waals surface area (Å²) in [5.41, 5.74) is 0. The number of halogens is 1. The maximum absolute atomic E-state index is 12.8. The Bertz CT molecular complexity index is 553. The summed E-state index contributed by atoms with van der Waals surface area (Å²) >= 11 is 4.89. The van der Waals surface area contributed by atoms with Gasteiger partial charge in [-0.25, -0.2) is 8.42 Å². The maximum atomic E-state index is 12.8. The second kappa shape index (κ2) is 6.87. The lowest BCUT2D eigenvalue weighted by molar-refractivity contribution is 0.395. The van der Waals surface area contributed by atoms with Crippen molar-refractivity contribution in [2.45, 2.75) is 37.6 Å². The lowest BCUT2D eigenvalue weighted by atomic mass is 10.4. The summed E-state index contributed by atoms with van der Waals surface area (Å²) in [4.78, 5) is 1.45. The summed E-state index contributed by atoms with van der Waals surface area (Å²) in [5, 5.41) is 3.05. The molecule has 1 heterocycles. The van der Waals surface area contributed by atoms with Crippen molar-refractivity contribution in [2.24, 2.45) is 5.92 Å². The van der Waals surface area contributed by atoms with E-state index in [4.69, 9.17) is 0 Å². The van der Waals surface area contributed by atoms with Crippen LogP contribution >= 0.6 is 27.3 Å². The summed E-state index contributed by atoms with van der Waals surface area (Å²) in [5.74, 6) is 0.561. The molecule has 0 aromatic carbocycles. The molecule has 2 rings (SSSR count). The van der Waals surface area contributed by atoms with E-state index in [0.29, 0.717) is 34.2 Å². The number of hydrogen-bond donors (Lipinski definition) is 1. The van der Waals surface area contributed by atoms with Gasteiger partial charge in [-0.2, -0.15) is 4.31 Å². The van der Waals surface area contributed by atoms with Crippen LogP contribution in [0.4, 0.5) is 0 Å². The molecule has 0 spiro atoms. The average molecular weight is 381 g/mol. The zero-order chi connectivity index (χ0) is 14.8. The zero-order valence-electron chi connectivity index (χ0n) is 11.9. The highest BCUT2D eigenvalue weighted by Gasteiger charge is 2.33. The fourth-order valence-electron chi connectivity index (χ4n) is 2.12. The van der Waals surface area contributed by atoms with Crippen LogP contribution < -0.4 is 5.32 Å². The number of thiophene rings is 1. The minimum atomic E-state index is -3.38. The topological polar surface area (TPSA) is 49.4 Å². The van der Waals surface area contributed by atoms with Crippen LogP contribution in [0.3, 0.4) is 0 Å². The molecule has 0 radical (unpaired) electrons. The third-order valence-corrected chi connectivity index (χ3v) is 7.42. The summed E-state index contributed by atoms with van der Waals surface area (Å²) in [6.07, 6.45) is 3.16. The van der Waals surface area contributed by atoms with Gasteiger partial charge in [-0.1, -0.05) is 6.92 Å². The molecule has 0 atom stereocenters. The van der Waals surface area contributed by atoms with Crippen LogP contribution in [0.5, 0.6) is 0 Å². The molecule has 4 nitrogen and oxygen atoms in total. The summed E-state index contributed by atoms with van der Waals surface area (Å²) in [6, 6.07) is 1.79. The minimum absolute atomic E-state index is 0.418. The highest BCUT2D eigenvalue weighted by molar-refractivity contribution is 9.11. The molecule has 0 saturated heterocycles. The van der Waals surface area contributed by atoms with E-state index in [2.05, 4.69) is 21.2 Å². The van der Waals surface area contributed by atoms with Gasteiger partial charge in [0.2, 0.25) is 10.0 Å². The Morgan fingerprint density at radius 1 is 1.50 bits per heavy atom. The van der Waals surface area contributed by atoms with Gasteiger partial charge in [0.1, 0.15) is 4.90 Å². The monoisotopic (exact) mass is 380 g/mol. The van der Waals surface area contributed by atoms with E-state index in [0.717, 1.165) is 24.1 Å². The van der Waals surface area contributed by atoms with Crippen molar-refractivity contribution >= 4 is 37.3 Å². The third kappa shape index (κ3) is 3.82. The molecule has 7 heteroatoms. The summed E-state index contributed by atoms with van der Waals surface area (Å²) in [6.45, 7) is 3.97. The molecule has 0 aliphatic heterocycles. The standard InChI is InChI=1S/C13H21BrN2O2S2/c1-3-6-16(9-10-4-5-10)20(17,18)12-7-11(8-15-2)19-13(12)14/h7,10,15H,3-6,8-9H2,1-2H3. The number of sulfonamides is 1. The quantitative estimate of drug-likeness (QED) is 0.753. The smallest absolute Gasteiger partial charge is 0.245 e. The first kappa shape index (κ1) is 16.4. The van der Waals surface area contributed by atoms with Gasteiger partial charge in [0.05, 0.1) is 3.79 Å². The van der Waals surface area contributed by atoms with Gasteiger partial charge in [-0.3, -0.25) is 0 Å². The first-order valence-electron chi connectivity index (χ1n) is 6.92. The van der Waals surface area contributed by atoms with Crippen molar-refractivity contribution in [1.29, 1.82) is 0 Å². The predicted octanol–water partition coefficient (Wildman–Crippen LogP) is 3.04. The van der Waals surface area contributed by atoms with Crippen LogP contribution in [0.15, 0.2) is 14.7 Å². The van der Waals surface area contributed by atoms with E-state index >= 15 is 0 Å². The average Bonchev–Trinajstić information content (AvgIpc) is 3.12. The van der Waals surface area contributed by atoms with Crippen molar-refractivity contribution < 1.29 is 8.42 Å². The second-order valence-electron chi connectivity index (χ2n) is 5.19. The molecule has 0 amide bonds. The minimum Gasteiger partial charge on any atom is -0.315 e. The van der Waals surface area contributed by atoms with Crippen LogP contribution in [0.1, 0.15) is 31.1 Å². The fourth-order valence-corrected chi connectivity index (χ4v) is 6.37. The number of nitrogens with zero attached hydrogens (tertiary/aromatic N) is 1. The Labute approximate surface area is 133 Å². The first-order valence-corrected chi connectivity index (χ1v) is 9.97. The molecule has 1 aromatic heterocycles. The molecule has 0 unspecified atom stereocenters. The van der Waals surface area contributed by atoms with Gasteiger partial charge in [0, 0.05) is 24.5 Å². The van der Waals surface area contributed by atoms with Gasteiger partial charge in [-0.05, 0) is 54.2 Å². The van der Waals surface area contributed by atoms with Gasteiger partial charge in [0.15, 0.2) is 0 Å². The normalized spacial score (nSPS) is 16.0. The molecule has 20 heavy (non-hydrogen) atoms. The van der Waals surface area contributed by atoms with E-state index < -0.39 is 10.0 Å². The zero-order valence-corrected chi connectivity index (χ0v) is 15.1. The van der Waals surface area contributed by atoms with Crippen molar-refractivity contribution in [3.63, 3.8) is 0 Å². The van der Waals surface area contributed by atoms with E-state index in [9.17, 15) is 8.42 Å². The van der Waals surface area contributed by atoms with Crippen molar-refractivity contribution in [3.05, 3.63) is 14.7 Å². The number of hydrogen-bond acceptors (Lipinski definition) is 4. The fraction of sp³-hybridized carbons (Fsp3) is 0.692. The predicted molar refractivity (Wildman–Crippen MR) is 86.6 cm³/mol. The van der Waals surface area contributed by atoms with Gasteiger partial charge >= 0.3 is 0 Å². The molecule has 1 fully saturated rings. The Balaban J connectivity index is 2.25. The molecule has 1 N–H and O–H groups in total. The van der Waals surface area contributed by atoms with Crippen molar-refractivity contribution in [1.82, 2.24) is 9.62 Å². The molecule has 1 aliphatic carbocycles. The molecule has 1 aromatic rings. The largest absolute Gasteiger partial charge is 0.315 e. The van der Waals surface area contributed by atoms with E-state index in [-0.39, 0.29) is 0 Å². The van der Waals surface area contributed by atoms with Gasteiger partial charge in [0.25, 0.3) is 0 Å². The summed E-state index contributed by atoms with van der Waals surface area (Å²) < 4.78 is 28.0. The molecule has 114 valence electrons. The molecular weight excluding hydrogens is 360 g/mol. The highest BCUT2D eigenvalue weighted by atomic mass is 79.9. The molecule has 0 bridgehead atoms. The SMILES string of the molecule is CCCN(CC1CC1)S(=O)(=O)c1cc(CNC)sc1Br. The van der Waals surface area contributed by atoms with Crippen LogP contribution in [0.25, 0.3) is 0 Å². The summed E-state index contributed by atoms with van der Waals surface area (Å²) in [7, 11) is -1.52. The Morgan fingerprint density at radius 2 is 2.20 bits per heavy atom. The number of nitrogens with one attached hydrogen (secondary N) is 1. The van der Waals surface area contributed by atoms with Crippen LogP contribution in [0, 0.1) is 5.92 Å². The maximum Gasteiger partial charge on any atom is 0.245 e. The Morgan fingerprint density at radius 3 is 2.75 bits per heavy atom. The van der Waals surface area contributed by atoms with Crippen molar-refractivity contribution in [3.8, 4) is 0 Å². The van der Waals surface area contributed by atoms with E-state index in [1.165, 1.54) is 11.3 Å². The van der Waals surface area contributed by atoms with E-state index in [1.54, 1.807) is 10.4 Å². The van der Waals surface area contributed by atoms with Gasteiger partial charge in [-0.15, -0.1) is 11.3 Å². The molecular formula is C13H21BrN2O2S2.